The number of hydrogen-bond acceptors (Lipinski definition) is 4. The number of hydrogen-bond donors (Lipinski definition) is 2. The molecule has 0 bridgehead atoms. The standard InChI is InChI=1S/C19H27FN4O2/c1-4-21-19(23-13-18-24-14(2)15(3)26-18)22-11-5-6-12-25-17-9-7-16(20)8-10-17/h7-10H,4-6,11-13H2,1-3H3,(H2,21,22,23). The molecule has 0 amide bonds. The van der Waals surface area contributed by atoms with Crippen LogP contribution in [0, 0.1) is 19.7 Å². The summed E-state index contributed by atoms with van der Waals surface area (Å²) >= 11 is 0. The maximum atomic E-state index is 12.8. The predicted octanol–water partition coefficient (Wildman–Crippen LogP) is 3.34. The van der Waals surface area contributed by atoms with Gasteiger partial charge in [-0.1, -0.05) is 0 Å². The zero-order chi connectivity index (χ0) is 18.8. The van der Waals surface area contributed by atoms with Crippen molar-refractivity contribution in [1.82, 2.24) is 15.6 Å². The SMILES string of the molecule is CCNC(=NCc1nc(C)c(C)o1)NCCCCOc1ccc(F)cc1. The van der Waals surface area contributed by atoms with E-state index in [1.54, 1.807) is 12.1 Å². The molecule has 26 heavy (non-hydrogen) atoms. The molecule has 0 aliphatic carbocycles. The van der Waals surface area contributed by atoms with Gasteiger partial charge in [-0.2, -0.15) is 0 Å². The van der Waals surface area contributed by atoms with Crippen LogP contribution in [0.2, 0.25) is 0 Å². The molecule has 0 radical (unpaired) electrons. The monoisotopic (exact) mass is 362 g/mol. The summed E-state index contributed by atoms with van der Waals surface area (Å²) in [4.78, 5) is 8.81. The van der Waals surface area contributed by atoms with E-state index in [0.29, 0.717) is 24.8 Å². The number of nitrogens with one attached hydrogen (secondary N) is 2. The molecule has 0 aliphatic heterocycles. The molecule has 142 valence electrons. The lowest BCUT2D eigenvalue weighted by atomic mass is 10.3. The Morgan fingerprint density at radius 2 is 1.96 bits per heavy atom. The molecule has 1 heterocycles. The fourth-order valence-electron chi connectivity index (χ4n) is 2.25. The van der Waals surface area contributed by atoms with E-state index in [2.05, 4.69) is 20.6 Å². The summed E-state index contributed by atoms with van der Waals surface area (Å²) in [6.07, 6.45) is 1.82. The van der Waals surface area contributed by atoms with Gasteiger partial charge in [0.2, 0.25) is 5.89 Å². The zero-order valence-corrected chi connectivity index (χ0v) is 15.6. The molecule has 0 atom stereocenters. The summed E-state index contributed by atoms with van der Waals surface area (Å²) in [7, 11) is 0. The predicted molar refractivity (Wildman–Crippen MR) is 99.9 cm³/mol. The molecule has 0 saturated carbocycles. The molecule has 2 rings (SSSR count). The van der Waals surface area contributed by atoms with E-state index in [1.165, 1.54) is 12.1 Å². The van der Waals surface area contributed by atoms with Gasteiger partial charge in [-0.25, -0.2) is 14.4 Å². The summed E-state index contributed by atoms with van der Waals surface area (Å²) in [5, 5.41) is 6.48. The molecule has 2 aromatic rings. The minimum absolute atomic E-state index is 0.258. The van der Waals surface area contributed by atoms with Gasteiger partial charge in [-0.15, -0.1) is 0 Å². The van der Waals surface area contributed by atoms with Gasteiger partial charge in [0.1, 0.15) is 23.9 Å². The molecule has 1 aromatic heterocycles. The number of ether oxygens (including phenoxy) is 1. The molecule has 6 nitrogen and oxygen atoms in total. The number of nitrogens with zero attached hydrogens (tertiary/aromatic N) is 2. The van der Waals surface area contributed by atoms with Crippen molar-refractivity contribution in [3.8, 4) is 5.75 Å². The maximum Gasteiger partial charge on any atom is 0.216 e. The first-order valence-corrected chi connectivity index (χ1v) is 8.92. The lowest BCUT2D eigenvalue weighted by molar-refractivity contribution is 0.306. The van der Waals surface area contributed by atoms with Crippen molar-refractivity contribution in [1.29, 1.82) is 0 Å². The van der Waals surface area contributed by atoms with Crippen molar-refractivity contribution in [2.45, 2.75) is 40.2 Å². The Morgan fingerprint density at radius 3 is 2.62 bits per heavy atom. The van der Waals surface area contributed by atoms with Gasteiger partial charge >= 0.3 is 0 Å². The van der Waals surface area contributed by atoms with Crippen molar-refractivity contribution < 1.29 is 13.5 Å². The smallest absolute Gasteiger partial charge is 0.216 e. The Labute approximate surface area is 153 Å². The van der Waals surface area contributed by atoms with Crippen LogP contribution in [0.4, 0.5) is 4.39 Å². The van der Waals surface area contributed by atoms with Crippen molar-refractivity contribution in [3.05, 3.63) is 47.4 Å². The van der Waals surface area contributed by atoms with Crippen LogP contribution < -0.4 is 15.4 Å². The van der Waals surface area contributed by atoms with Gasteiger partial charge in [0.05, 0.1) is 12.3 Å². The molecule has 0 fully saturated rings. The largest absolute Gasteiger partial charge is 0.494 e. The van der Waals surface area contributed by atoms with Crippen LogP contribution in [-0.4, -0.2) is 30.6 Å². The van der Waals surface area contributed by atoms with Crippen LogP contribution in [0.5, 0.6) is 5.75 Å². The van der Waals surface area contributed by atoms with Crippen LogP contribution in [0.25, 0.3) is 0 Å². The maximum absolute atomic E-state index is 12.8. The van der Waals surface area contributed by atoms with E-state index >= 15 is 0 Å². The zero-order valence-electron chi connectivity index (χ0n) is 15.6. The van der Waals surface area contributed by atoms with Crippen molar-refractivity contribution in [2.24, 2.45) is 4.99 Å². The third-order valence-electron chi connectivity index (χ3n) is 3.74. The van der Waals surface area contributed by atoms with Crippen molar-refractivity contribution in [2.75, 3.05) is 19.7 Å². The molecule has 0 saturated heterocycles. The third kappa shape index (κ3) is 6.74. The molecule has 1 aromatic carbocycles. The van der Waals surface area contributed by atoms with Crippen molar-refractivity contribution >= 4 is 5.96 Å². The van der Waals surface area contributed by atoms with Gasteiger partial charge in [0.15, 0.2) is 5.96 Å². The van der Waals surface area contributed by atoms with E-state index in [1.807, 2.05) is 20.8 Å². The number of unbranched alkanes of at least 4 members (excludes halogenated alkanes) is 1. The van der Waals surface area contributed by atoms with Gasteiger partial charge in [-0.3, -0.25) is 0 Å². The number of rotatable bonds is 9. The van der Waals surface area contributed by atoms with Crippen LogP contribution in [-0.2, 0) is 6.54 Å². The van der Waals surface area contributed by atoms with Crippen LogP contribution in [0.15, 0.2) is 33.7 Å². The lowest BCUT2D eigenvalue weighted by Gasteiger charge is -2.11. The number of aromatic nitrogens is 1. The second-order valence-corrected chi connectivity index (χ2v) is 5.88. The molecule has 2 N–H and O–H groups in total. The van der Waals surface area contributed by atoms with Gasteiger partial charge in [0, 0.05) is 13.1 Å². The highest BCUT2D eigenvalue weighted by atomic mass is 19.1. The topological polar surface area (TPSA) is 71.7 Å². The van der Waals surface area contributed by atoms with Crippen molar-refractivity contribution in [3.63, 3.8) is 0 Å². The highest BCUT2D eigenvalue weighted by Crippen LogP contribution is 2.11. The number of guanidine groups is 1. The normalized spacial score (nSPS) is 11.5. The Hall–Kier alpha value is -2.57. The number of benzene rings is 1. The van der Waals surface area contributed by atoms with E-state index in [-0.39, 0.29) is 5.82 Å². The number of halogens is 1. The van der Waals surface area contributed by atoms with Crippen LogP contribution in [0.3, 0.4) is 0 Å². The molecular weight excluding hydrogens is 335 g/mol. The first-order valence-electron chi connectivity index (χ1n) is 8.92. The van der Waals surface area contributed by atoms with Gasteiger partial charge in [0.25, 0.3) is 0 Å². The quantitative estimate of drug-likeness (QED) is 0.407. The van der Waals surface area contributed by atoms with E-state index in [9.17, 15) is 4.39 Å². The number of oxazole rings is 1. The average Bonchev–Trinajstić information content (AvgIpc) is 2.95. The minimum Gasteiger partial charge on any atom is -0.494 e. The van der Waals surface area contributed by atoms with Gasteiger partial charge in [-0.05, 0) is 57.9 Å². The minimum atomic E-state index is -0.258. The summed E-state index contributed by atoms with van der Waals surface area (Å²) < 4.78 is 23.9. The lowest BCUT2D eigenvalue weighted by Crippen LogP contribution is -2.37. The molecule has 0 unspecified atom stereocenters. The Morgan fingerprint density at radius 1 is 1.19 bits per heavy atom. The summed E-state index contributed by atoms with van der Waals surface area (Å²) in [6.45, 7) is 8.39. The molecule has 7 heteroatoms. The second-order valence-electron chi connectivity index (χ2n) is 5.88. The Balaban J connectivity index is 1.67. The molecule has 0 aliphatic rings. The highest BCUT2D eigenvalue weighted by molar-refractivity contribution is 5.79. The Kier molecular flexibility index (Phi) is 7.92. The first kappa shape index (κ1) is 19.8. The van der Waals surface area contributed by atoms with Gasteiger partial charge < -0.3 is 19.8 Å². The third-order valence-corrected chi connectivity index (χ3v) is 3.74. The van der Waals surface area contributed by atoms with E-state index in [4.69, 9.17) is 9.15 Å². The fourth-order valence-corrected chi connectivity index (χ4v) is 2.25. The average molecular weight is 362 g/mol. The first-order chi connectivity index (χ1) is 12.6. The fraction of sp³-hybridized carbons (Fsp3) is 0.474. The summed E-state index contributed by atoms with van der Waals surface area (Å²) in [5.74, 6) is 2.61. The van der Waals surface area contributed by atoms with E-state index < -0.39 is 0 Å². The van der Waals surface area contributed by atoms with Crippen LogP contribution >= 0.6 is 0 Å². The summed E-state index contributed by atoms with van der Waals surface area (Å²) in [5.41, 5.74) is 0.898. The van der Waals surface area contributed by atoms with Crippen LogP contribution in [0.1, 0.15) is 37.1 Å². The highest BCUT2D eigenvalue weighted by Gasteiger charge is 2.05. The second kappa shape index (κ2) is 10.4. The molecule has 0 spiro atoms. The number of aryl methyl sites for hydroxylation is 2. The number of aliphatic imine (C=N–C) groups is 1. The molecular formula is C19H27FN4O2. The summed E-state index contributed by atoms with van der Waals surface area (Å²) in [6, 6.07) is 6.06. The Bertz CT molecular complexity index is 679. The van der Waals surface area contributed by atoms with E-state index in [0.717, 1.165) is 43.3 Å².